The van der Waals surface area contributed by atoms with Gasteiger partial charge in [-0.3, -0.25) is 24.6 Å². The molecule has 1 aliphatic heterocycles. The summed E-state index contributed by atoms with van der Waals surface area (Å²) < 4.78 is 40.1. The fraction of sp³-hybridized carbons (Fsp3) is 0.258. The molecule has 3 unspecified atom stereocenters. The second kappa shape index (κ2) is 12.4. The van der Waals surface area contributed by atoms with Crippen molar-refractivity contribution < 1.29 is 37.6 Å². The van der Waals surface area contributed by atoms with Crippen LogP contribution in [0.2, 0.25) is 0 Å². The van der Waals surface area contributed by atoms with E-state index in [-0.39, 0.29) is 59.2 Å². The van der Waals surface area contributed by atoms with E-state index < -0.39 is 52.0 Å². The zero-order chi connectivity index (χ0) is 31.7. The number of esters is 2. The number of carbonyl (C=O) groups excluding carboxylic acids is 3. The topological polar surface area (TPSA) is 142 Å². The predicted molar refractivity (Wildman–Crippen MR) is 156 cm³/mol. The van der Waals surface area contributed by atoms with Gasteiger partial charge in [0.25, 0.3) is 5.69 Å². The van der Waals surface area contributed by atoms with E-state index in [0.717, 1.165) is 12.1 Å². The van der Waals surface area contributed by atoms with E-state index in [0.29, 0.717) is 10.9 Å². The summed E-state index contributed by atoms with van der Waals surface area (Å²) in [6.07, 6.45) is -0.0376. The van der Waals surface area contributed by atoms with E-state index in [1.165, 1.54) is 40.5 Å². The van der Waals surface area contributed by atoms with Gasteiger partial charge in [-0.2, -0.15) is 0 Å². The van der Waals surface area contributed by atoms with Gasteiger partial charge < -0.3 is 15.2 Å². The number of halogens is 2. The number of benzene rings is 2. The van der Waals surface area contributed by atoms with E-state index in [1.807, 2.05) is 0 Å². The largest absolute Gasteiger partial charge is 0.465 e. The van der Waals surface area contributed by atoms with Crippen LogP contribution in [0, 0.1) is 27.7 Å². The molecule has 1 aromatic heterocycles. The van der Waals surface area contributed by atoms with Crippen molar-refractivity contribution in [2.75, 3.05) is 18.1 Å². The lowest BCUT2D eigenvalue weighted by Gasteiger charge is -2.43. The normalized spacial score (nSPS) is 20.0. The number of thiophene rings is 1. The first-order valence-electron chi connectivity index (χ1n) is 13.7. The number of hydrogen-bond acceptors (Lipinski definition) is 10. The molecule has 5 rings (SSSR count). The highest BCUT2D eigenvalue weighted by Gasteiger charge is 2.52. The van der Waals surface area contributed by atoms with E-state index in [2.05, 4.69) is 0 Å². The number of nitrogens with two attached hydrogens (primary N) is 1. The van der Waals surface area contributed by atoms with E-state index in [4.69, 9.17) is 15.2 Å². The maximum Gasteiger partial charge on any atom is 0.338 e. The highest BCUT2D eigenvalue weighted by atomic mass is 32.1. The molecule has 44 heavy (non-hydrogen) atoms. The molecule has 2 aliphatic rings. The number of nitrogens with zero attached hydrogens (tertiary/aromatic N) is 2. The standard InChI is InChI=1S/C31H27F2N3O7S/c1-3-42-30(38)25-19(23-9-6-12-44-23)15-22-26(28(25)37)24(16-7-5-8-18(13-16)36(40)41)27(31(39)43-4-2)29(34)35(22)21-11-10-17(32)14-20(21)33/h5-14,19,24-25H,3-4,15,34H2,1-2H3. The van der Waals surface area contributed by atoms with Crippen molar-refractivity contribution in [1.29, 1.82) is 0 Å². The number of hydrogen-bond donors (Lipinski definition) is 1. The van der Waals surface area contributed by atoms with Gasteiger partial charge in [0.05, 0.1) is 35.3 Å². The first-order valence-corrected chi connectivity index (χ1v) is 14.6. The molecule has 0 fully saturated rings. The number of anilines is 1. The molecule has 0 saturated carbocycles. The SMILES string of the molecule is CCOC(=O)C1=C(N)N(c2ccc(F)cc2F)C2=C(C(=O)C(C(=O)OCC)C(c3cccs3)C2)C1c1cccc([N+](=O)[O-])c1. The molecule has 2 aromatic carbocycles. The summed E-state index contributed by atoms with van der Waals surface area (Å²) >= 11 is 1.31. The minimum atomic E-state index is -1.35. The molecule has 0 radical (unpaired) electrons. The zero-order valence-corrected chi connectivity index (χ0v) is 24.4. The molecular weight excluding hydrogens is 596 g/mol. The van der Waals surface area contributed by atoms with Gasteiger partial charge in [0.1, 0.15) is 23.4 Å². The fourth-order valence-corrected chi connectivity index (χ4v) is 6.66. The Morgan fingerprint density at radius 1 is 1.09 bits per heavy atom. The number of ketones is 1. The highest BCUT2D eigenvalue weighted by Crippen LogP contribution is 2.52. The van der Waals surface area contributed by atoms with Gasteiger partial charge in [-0.15, -0.1) is 11.3 Å². The van der Waals surface area contributed by atoms with Gasteiger partial charge >= 0.3 is 11.9 Å². The van der Waals surface area contributed by atoms with Crippen LogP contribution in [0.3, 0.4) is 0 Å². The minimum absolute atomic E-state index is 0.00612. The summed E-state index contributed by atoms with van der Waals surface area (Å²) in [4.78, 5) is 54.6. The van der Waals surface area contributed by atoms with Crippen molar-refractivity contribution in [2.45, 2.75) is 32.1 Å². The van der Waals surface area contributed by atoms with Crippen molar-refractivity contribution in [3.05, 3.63) is 115 Å². The van der Waals surface area contributed by atoms with Gasteiger partial charge in [0.15, 0.2) is 5.78 Å². The quantitative estimate of drug-likeness (QED) is 0.150. The summed E-state index contributed by atoms with van der Waals surface area (Å²) in [7, 11) is 0. The van der Waals surface area contributed by atoms with Crippen LogP contribution >= 0.6 is 11.3 Å². The molecule has 0 amide bonds. The maximum absolute atomic E-state index is 15.4. The molecule has 3 atom stereocenters. The van der Waals surface area contributed by atoms with Gasteiger partial charge in [-0.05, 0) is 49.4 Å². The van der Waals surface area contributed by atoms with E-state index in [1.54, 1.807) is 31.4 Å². The van der Waals surface area contributed by atoms with Crippen molar-refractivity contribution in [2.24, 2.45) is 11.7 Å². The molecule has 3 aromatic rings. The third-order valence-corrected chi connectivity index (χ3v) is 8.55. The van der Waals surface area contributed by atoms with Crippen molar-refractivity contribution >= 4 is 40.4 Å². The monoisotopic (exact) mass is 623 g/mol. The van der Waals surface area contributed by atoms with Gasteiger partial charge in [-0.25, -0.2) is 13.6 Å². The maximum atomic E-state index is 15.4. The molecule has 2 heterocycles. The molecule has 0 bridgehead atoms. The molecule has 1 aliphatic carbocycles. The number of rotatable bonds is 8. The first kappa shape index (κ1) is 30.5. The average Bonchev–Trinajstić information content (AvgIpc) is 3.52. The first-order chi connectivity index (χ1) is 21.1. The van der Waals surface area contributed by atoms with E-state index in [9.17, 15) is 28.9 Å². The third-order valence-electron chi connectivity index (χ3n) is 7.55. The molecular formula is C31H27F2N3O7S. The Labute approximate surface area is 254 Å². The Balaban J connectivity index is 1.85. The molecule has 10 nitrogen and oxygen atoms in total. The molecule has 0 saturated heterocycles. The van der Waals surface area contributed by atoms with Gasteiger partial charge in [0.2, 0.25) is 0 Å². The van der Waals surface area contributed by atoms with Crippen molar-refractivity contribution in [3.8, 4) is 0 Å². The summed E-state index contributed by atoms with van der Waals surface area (Å²) in [5, 5.41) is 13.5. The number of ether oxygens (including phenoxy) is 2. The van der Waals surface area contributed by atoms with Crippen LogP contribution in [0.1, 0.15) is 42.5 Å². The Morgan fingerprint density at radius 3 is 2.48 bits per heavy atom. The third kappa shape index (κ3) is 5.34. The zero-order valence-electron chi connectivity index (χ0n) is 23.6. The van der Waals surface area contributed by atoms with Crippen LogP contribution in [-0.2, 0) is 23.9 Å². The second-order valence-electron chi connectivity index (χ2n) is 10.0. The Kier molecular flexibility index (Phi) is 8.59. The minimum Gasteiger partial charge on any atom is -0.465 e. The van der Waals surface area contributed by atoms with Gasteiger partial charge in [0, 0.05) is 40.3 Å². The van der Waals surface area contributed by atoms with Crippen LogP contribution in [0.15, 0.2) is 82.6 Å². The van der Waals surface area contributed by atoms with Crippen molar-refractivity contribution in [3.63, 3.8) is 0 Å². The average molecular weight is 624 g/mol. The highest BCUT2D eigenvalue weighted by molar-refractivity contribution is 7.10. The molecule has 13 heteroatoms. The summed E-state index contributed by atoms with van der Waals surface area (Å²) in [5.74, 6) is -8.09. The van der Waals surface area contributed by atoms with Crippen LogP contribution in [0.25, 0.3) is 0 Å². The van der Waals surface area contributed by atoms with Crippen molar-refractivity contribution in [1.82, 2.24) is 0 Å². The summed E-state index contributed by atoms with van der Waals surface area (Å²) in [6, 6.07) is 11.6. The summed E-state index contributed by atoms with van der Waals surface area (Å²) in [6.45, 7) is 3.06. The Bertz CT molecular complexity index is 1720. The van der Waals surface area contributed by atoms with Crippen LogP contribution in [0.4, 0.5) is 20.2 Å². The lowest BCUT2D eigenvalue weighted by molar-refractivity contribution is -0.384. The predicted octanol–water partition coefficient (Wildman–Crippen LogP) is 5.46. The van der Waals surface area contributed by atoms with Crippen LogP contribution in [-0.4, -0.2) is 35.9 Å². The lowest BCUT2D eigenvalue weighted by Crippen LogP contribution is -2.46. The van der Waals surface area contributed by atoms with E-state index >= 15 is 4.39 Å². The second-order valence-corrected chi connectivity index (χ2v) is 11.0. The summed E-state index contributed by atoms with van der Waals surface area (Å²) in [5.41, 5.74) is 6.01. The van der Waals surface area contributed by atoms with Gasteiger partial charge in [-0.1, -0.05) is 18.2 Å². The smallest absolute Gasteiger partial charge is 0.338 e. The molecule has 0 spiro atoms. The Morgan fingerprint density at radius 2 is 1.84 bits per heavy atom. The number of Topliss-reactive ketones (excluding diaryl/α,β-unsaturated/α-hetero) is 1. The molecule has 2 N–H and O–H groups in total. The van der Waals surface area contributed by atoms with Crippen LogP contribution < -0.4 is 10.6 Å². The fourth-order valence-electron chi connectivity index (χ4n) is 5.80. The number of nitro benzene ring substituents is 1. The number of non-ortho nitro benzene ring substituents is 1. The number of allylic oxidation sites excluding steroid dienone is 2. The number of nitro groups is 1. The number of carbonyl (C=O) groups is 3. The van der Waals surface area contributed by atoms with Crippen LogP contribution in [0.5, 0.6) is 0 Å². The Hall–Kier alpha value is -4.91. The lowest BCUT2D eigenvalue weighted by atomic mass is 9.68. The molecule has 228 valence electrons.